The number of phenols is 1. The first-order valence-corrected chi connectivity index (χ1v) is 10.2. The van der Waals surface area contributed by atoms with E-state index in [1.54, 1.807) is 7.11 Å². The summed E-state index contributed by atoms with van der Waals surface area (Å²) in [7, 11) is 3.86. The molecule has 0 atom stereocenters. The van der Waals surface area contributed by atoms with Crippen LogP contribution in [-0.2, 0) is 18.6 Å². The first-order chi connectivity index (χ1) is 13.6. The van der Waals surface area contributed by atoms with Crippen molar-refractivity contribution in [3.63, 3.8) is 0 Å². The van der Waals surface area contributed by atoms with E-state index in [2.05, 4.69) is 40.4 Å². The Kier molecular flexibility index (Phi) is 5.58. The zero-order valence-electron chi connectivity index (χ0n) is 16.9. The van der Waals surface area contributed by atoms with Gasteiger partial charge in [0.2, 0.25) is 0 Å². The third-order valence-corrected chi connectivity index (χ3v) is 6.16. The summed E-state index contributed by atoms with van der Waals surface area (Å²) in [6.45, 7) is 5.91. The molecule has 150 valence electrons. The highest BCUT2D eigenvalue weighted by molar-refractivity contribution is 5.38. The minimum Gasteiger partial charge on any atom is -0.508 e. The molecular weight excluding hydrogens is 350 g/mol. The number of methoxy groups -OCH3 is 1. The summed E-state index contributed by atoms with van der Waals surface area (Å²) in [5, 5.41) is 14.1. The summed E-state index contributed by atoms with van der Waals surface area (Å²) in [6, 6.07) is 14.4. The van der Waals surface area contributed by atoms with E-state index in [-0.39, 0.29) is 5.54 Å². The number of aromatic hydroxyl groups is 1. The molecule has 0 unspecified atom stereocenters. The van der Waals surface area contributed by atoms with E-state index < -0.39 is 0 Å². The van der Waals surface area contributed by atoms with Gasteiger partial charge in [-0.15, -0.1) is 0 Å². The van der Waals surface area contributed by atoms with Crippen molar-refractivity contribution < 1.29 is 9.84 Å². The number of hydrogen-bond donors (Lipinski definition) is 2. The van der Waals surface area contributed by atoms with E-state index in [0.717, 1.165) is 63.4 Å². The zero-order chi connectivity index (χ0) is 19.6. The Bertz CT molecular complexity index is 794. The molecule has 4 rings (SSSR count). The van der Waals surface area contributed by atoms with Crippen LogP contribution >= 0.6 is 0 Å². The molecule has 1 aliphatic carbocycles. The lowest BCUT2D eigenvalue weighted by atomic mass is 10.0. The maximum absolute atomic E-state index is 10.3. The quantitative estimate of drug-likeness (QED) is 0.772. The number of nitrogens with one attached hydrogen (secondary N) is 1. The Morgan fingerprint density at radius 3 is 2.39 bits per heavy atom. The second kappa shape index (κ2) is 8.11. The molecule has 1 saturated carbocycles. The van der Waals surface area contributed by atoms with Crippen molar-refractivity contribution in [2.45, 2.75) is 31.5 Å². The normalized spacial score (nSPS) is 19.5. The molecule has 28 heavy (non-hydrogen) atoms. The van der Waals surface area contributed by atoms with Crippen LogP contribution in [0.5, 0.6) is 11.5 Å². The topological polar surface area (TPSA) is 48.0 Å². The molecule has 5 nitrogen and oxygen atoms in total. The summed E-state index contributed by atoms with van der Waals surface area (Å²) in [5.74, 6) is 1.30. The van der Waals surface area contributed by atoms with Gasteiger partial charge in [-0.25, -0.2) is 0 Å². The minimum absolute atomic E-state index is 0.0851. The maximum atomic E-state index is 10.3. The van der Waals surface area contributed by atoms with Crippen molar-refractivity contribution in [2.24, 2.45) is 0 Å². The van der Waals surface area contributed by atoms with Gasteiger partial charge in [-0.3, -0.25) is 4.90 Å². The molecule has 2 aromatic rings. The highest BCUT2D eigenvalue weighted by Gasteiger charge is 2.43. The molecule has 2 fully saturated rings. The van der Waals surface area contributed by atoms with Crippen LogP contribution in [0.1, 0.15) is 29.5 Å². The van der Waals surface area contributed by atoms with Crippen LogP contribution in [0.2, 0.25) is 0 Å². The number of phenolic OH excluding ortho intramolecular Hbond substituents is 1. The number of piperazine rings is 1. The molecule has 1 heterocycles. The van der Waals surface area contributed by atoms with Gasteiger partial charge in [-0.05, 0) is 55.3 Å². The number of likely N-dealkylation sites (N-methyl/N-ethyl adjacent to an activating group) is 1. The third kappa shape index (κ3) is 4.32. The Morgan fingerprint density at radius 2 is 1.75 bits per heavy atom. The number of rotatable bonds is 7. The van der Waals surface area contributed by atoms with Crippen LogP contribution in [0.3, 0.4) is 0 Å². The summed E-state index contributed by atoms with van der Waals surface area (Å²) in [4.78, 5) is 4.77. The van der Waals surface area contributed by atoms with Crippen LogP contribution in [0.15, 0.2) is 42.5 Å². The van der Waals surface area contributed by atoms with Crippen molar-refractivity contribution in [1.82, 2.24) is 15.1 Å². The molecule has 2 N–H and O–H groups in total. The summed E-state index contributed by atoms with van der Waals surface area (Å²) < 4.78 is 5.27. The lowest BCUT2D eigenvalue weighted by molar-refractivity contribution is 0.147. The molecule has 0 bridgehead atoms. The first kappa shape index (κ1) is 19.2. The largest absolute Gasteiger partial charge is 0.508 e. The first-order valence-electron chi connectivity index (χ1n) is 10.2. The monoisotopic (exact) mass is 381 g/mol. The lowest BCUT2D eigenvalue weighted by Crippen LogP contribution is -2.43. The number of hydrogen-bond acceptors (Lipinski definition) is 5. The molecule has 2 aromatic carbocycles. The van der Waals surface area contributed by atoms with E-state index in [4.69, 9.17) is 4.74 Å². The van der Waals surface area contributed by atoms with Gasteiger partial charge in [0.05, 0.1) is 7.11 Å². The molecule has 5 heteroatoms. The standard InChI is InChI=1S/C23H31N3O2/c1-25-11-13-26(14-12-25)17-19-15-18(3-8-22(19)27)16-24-23(9-10-23)20-4-6-21(28-2)7-5-20/h3-8,15,24,27H,9-14,16-17H2,1-2H3. The second-order valence-electron chi connectivity index (χ2n) is 8.21. The van der Waals surface area contributed by atoms with Gasteiger partial charge in [-0.1, -0.05) is 18.2 Å². The van der Waals surface area contributed by atoms with Crippen molar-refractivity contribution in [3.05, 3.63) is 59.2 Å². The second-order valence-corrected chi connectivity index (χ2v) is 8.21. The van der Waals surface area contributed by atoms with E-state index in [0.29, 0.717) is 5.75 Å². The van der Waals surface area contributed by atoms with Gasteiger partial charge in [0.1, 0.15) is 11.5 Å². The van der Waals surface area contributed by atoms with E-state index in [1.165, 1.54) is 11.1 Å². The fourth-order valence-electron chi connectivity index (χ4n) is 4.00. The molecule has 1 aliphatic heterocycles. The molecule has 0 aromatic heterocycles. The average Bonchev–Trinajstić information content (AvgIpc) is 3.51. The Labute approximate surface area is 167 Å². The van der Waals surface area contributed by atoms with Crippen molar-refractivity contribution >= 4 is 0 Å². The fourth-order valence-corrected chi connectivity index (χ4v) is 4.00. The van der Waals surface area contributed by atoms with Gasteiger partial charge < -0.3 is 20.1 Å². The van der Waals surface area contributed by atoms with Crippen LogP contribution in [0.25, 0.3) is 0 Å². The van der Waals surface area contributed by atoms with Crippen LogP contribution in [-0.4, -0.2) is 55.2 Å². The van der Waals surface area contributed by atoms with Gasteiger partial charge in [0, 0.05) is 50.4 Å². The summed E-state index contributed by atoms with van der Waals surface area (Å²) >= 11 is 0. The predicted molar refractivity (Wildman–Crippen MR) is 112 cm³/mol. The maximum Gasteiger partial charge on any atom is 0.120 e. The SMILES string of the molecule is COc1ccc(C2(NCc3ccc(O)c(CN4CCN(C)CC4)c3)CC2)cc1. The Balaban J connectivity index is 1.39. The van der Waals surface area contributed by atoms with Crippen molar-refractivity contribution in [2.75, 3.05) is 40.3 Å². The van der Waals surface area contributed by atoms with Crippen molar-refractivity contribution in [1.29, 1.82) is 0 Å². The third-order valence-electron chi connectivity index (χ3n) is 6.16. The van der Waals surface area contributed by atoms with Crippen molar-refractivity contribution in [3.8, 4) is 11.5 Å². The minimum atomic E-state index is 0.0851. The lowest BCUT2D eigenvalue weighted by Gasteiger charge is -2.32. The van der Waals surface area contributed by atoms with Crippen LogP contribution in [0, 0.1) is 0 Å². The van der Waals surface area contributed by atoms with E-state index in [9.17, 15) is 5.11 Å². The van der Waals surface area contributed by atoms with Gasteiger partial charge in [-0.2, -0.15) is 0 Å². The highest BCUT2D eigenvalue weighted by atomic mass is 16.5. The van der Waals surface area contributed by atoms with E-state index >= 15 is 0 Å². The van der Waals surface area contributed by atoms with Gasteiger partial charge >= 0.3 is 0 Å². The highest BCUT2D eigenvalue weighted by Crippen LogP contribution is 2.46. The molecule has 0 amide bonds. The molecule has 0 radical (unpaired) electrons. The van der Waals surface area contributed by atoms with Crippen LogP contribution < -0.4 is 10.1 Å². The number of nitrogens with zero attached hydrogens (tertiary/aromatic N) is 2. The number of ether oxygens (including phenoxy) is 1. The molecule has 0 spiro atoms. The molecular formula is C23H31N3O2. The molecule has 1 saturated heterocycles. The average molecular weight is 382 g/mol. The van der Waals surface area contributed by atoms with Crippen LogP contribution in [0.4, 0.5) is 0 Å². The Morgan fingerprint density at radius 1 is 1.04 bits per heavy atom. The molecule has 2 aliphatic rings. The smallest absolute Gasteiger partial charge is 0.120 e. The summed E-state index contributed by atoms with van der Waals surface area (Å²) in [6.07, 6.45) is 2.32. The predicted octanol–water partition coefficient (Wildman–Crippen LogP) is 2.93. The van der Waals surface area contributed by atoms with E-state index in [1.807, 2.05) is 24.3 Å². The summed E-state index contributed by atoms with van der Waals surface area (Å²) in [5.41, 5.74) is 3.66. The Hall–Kier alpha value is -2.08. The zero-order valence-corrected chi connectivity index (χ0v) is 16.9. The van der Waals surface area contributed by atoms with Gasteiger partial charge in [0.25, 0.3) is 0 Å². The fraction of sp³-hybridized carbons (Fsp3) is 0.478. The number of benzene rings is 2. The van der Waals surface area contributed by atoms with Gasteiger partial charge in [0.15, 0.2) is 0 Å².